The fraction of sp³-hybridized carbons (Fsp3) is 0.556. The van der Waals surface area contributed by atoms with Gasteiger partial charge in [-0.3, -0.25) is 4.52 Å². The Morgan fingerprint density at radius 1 is 1.24 bits per heavy atom. The maximum atomic E-state index is 9.93. The number of rotatable bonds is 8. The zero-order valence-corrected chi connectivity index (χ0v) is 10.3. The Morgan fingerprint density at radius 2 is 1.71 bits per heavy atom. The number of phosphoric ester groups is 1. The van der Waals surface area contributed by atoms with E-state index in [-0.39, 0.29) is 0 Å². The van der Waals surface area contributed by atoms with E-state index in [0.717, 1.165) is 0 Å². The van der Waals surface area contributed by atoms with E-state index in [1.165, 1.54) is 0 Å². The zero-order chi connectivity index (χ0) is 13.7. The molecule has 8 heteroatoms. The molecule has 0 aromatic heterocycles. The summed E-state index contributed by atoms with van der Waals surface area (Å²) in [4.78, 5) is 16.1. The van der Waals surface area contributed by atoms with Crippen molar-refractivity contribution >= 4 is 7.82 Å². The third-order valence-corrected chi connectivity index (χ3v) is 1.60. The van der Waals surface area contributed by atoms with Gasteiger partial charge in [0.2, 0.25) is 0 Å². The minimum atomic E-state index is -4.50. The largest absolute Gasteiger partial charge is 0.469 e. The third-order valence-electron chi connectivity index (χ3n) is 1.12. The number of aliphatic hydroxyl groups is 2. The molecule has 1 atom stereocenters. The highest BCUT2D eigenvalue weighted by atomic mass is 31.2. The Hall–Kier alpha value is -0.530. The standard InChI is InChI=1S/C6H10O.C3H9O6P/c1-3-5-7-6-4-2;4-1-3(5)2-9-10(6,7)8/h3-4H,1-2,5-6H2;3-5H,1-2H2,(H2,6,7,8). The van der Waals surface area contributed by atoms with Gasteiger partial charge >= 0.3 is 7.82 Å². The van der Waals surface area contributed by atoms with Gasteiger partial charge in [0.05, 0.1) is 26.4 Å². The Morgan fingerprint density at radius 3 is 2.00 bits per heavy atom. The molecule has 0 aliphatic heterocycles. The van der Waals surface area contributed by atoms with Crippen LogP contribution in [0.5, 0.6) is 0 Å². The summed E-state index contributed by atoms with van der Waals surface area (Å²) in [6.45, 7) is 7.03. The number of hydrogen-bond acceptors (Lipinski definition) is 5. The van der Waals surface area contributed by atoms with Crippen LogP contribution in [-0.2, 0) is 13.8 Å². The summed E-state index contributed by atoms with van der Waals surface area (Å²) in [5.74, 6) is 0. The van der Waals surface area contributed by atoms with Crippen LogP contribution in [0.4, 0.5) is 0 Å². The highest BCUT2D eigenvalue weighted by Gasteiger charge is 2.15. The van der Waals surface area contributed by atoms with Crippen LogP contribution in [0.25, 0.3) is 0 Å². The van der Waals surface area contributed by atoms with Gasteiger partial charge in [0.15, 0.2) is 0 Å². The molecule has 0 heterocycles. The van der Waals surface area contributed by atoms with Crippen LogP contribution in [0.3, 0.4) is 0 Å². The molecule has 0 aliphatic carbocycles. The molecule has 0 bridgehead atoms. The van der Waals surface area contributed by atoms with Crippen LogP contribution in [0.1, 0.15) is 0 Å². The van der Waals surface area contributed by atoms with Gasteiger partial charge in [-0.15, -0.1) is 13.2 Å². The van der Waals surface area contributed by atoms with E-state index in [4.69, 9.17) is 24.7 Å². The molecule has 102 valence electrons. The summed E-state index contributed by atoms with van der Waals surface area (Å²) in [7, 11) is -4.50. The van der Waals surface area contributed by atoms with Gasteiger partial charge in [-0.1, -0.05) is 12.2 Å². The fourth-order valence-corrected chi connectivity index (χ4v) is 0.837. The topological polar surface area (TPSA) is 116 Å². The van der Waals surface area contributed by atoms with Crippen molar-refractivity contribution in [2.45, 2.75) is 6.10 Å². The predicted molar refractivity (Wildman–Crippen MR) is 62.3 cm³/mol. The summed E-state index contributed by atoms with van der Waals surface area (Å²) >= 11 is 0. The molecule has 7 nitrogen and oxygen atoms in total. The molecule has 0 aromatic rings. The molecule has 0 aliphatic rings. The van der Waals surface area contributed by atoms with Gasteiger partial charge < -0.3 is 24.7 Å². The lowest BCUT2D eigenvalue weighted by atomic mass is 10.4. The van der Waals surface area contributed by atoms with Gasteiger partial charge in [-0.2, -0.15) is 0 Å². The maximum absolute atomic E-state index is 9.93. The first-order valence-electron chi connectivity index (χ1n) is 4.66. The summed E-state index contributed by atoms with van der Waals surface area (Å²) in [5, 5.41) is 16.7. The van der Waals surface area contributed by atoms with E-state index in [0.29, 0.717) is 13.2 Å². The van der Waals surface area contributed by atoms with Gasteiger partial charge in [-0.05, 0) is 0 Å². The second kappa shape index (κ2) is 11.9. The van der Waals surface area contributed by atoms with Crippen molar-refractivity contribution in [1.82, 2.24) is 0 Å². The second-order valence-corrected chi connectivity index (χ2v) is 3.98. The van der Waals surface area contributed by atoms with Gasteiger partial charge in [0, 0.05) is 0 Å². The SMILES string of the molecule is C=CCOCC=C.O=P(O)(O)OCC(O)CO. The normalized spacial score (nSPS) is 12.2. The minimum Gasteiger partial charge on any atom is -0.394 e. The van der Waals surface area contributed by atoms with Crippen molar-refractivity contribution in [3.63, 3.8) is 0 Å². The maximum Gasteiger partial charge on any atom is 0.469 e. The average molecular weight is 270 g/mol. The number of ether oxygens (including phenoxy) is 1. The van der Waals surface area contributed by atoms with Crippen LogP contribution >= 0.6 is 7.82 Å². The summed E-state index contributed by atoms with van der Waals surface area (Å²) in [6, 6.07) is 0. The predicted octanol–water partition coefficient (Wildman–Crippen LogP) is -0.176. The fourth-order valence-electron chi connectivity index (χ4n) is 0.471. The molecule has 4 N–H and O–H groups in total. The summed E-state index contributed by atoms with van der Waals surface area (Å²) in [6.07, 6.45) is 2.18. The molecule has 0 fully saturated rings. The quantitative estimate of drug-likeness (QED) is 0.275. The lowest BCUT2D eigenvalue weighted by Crippen LogP contribution is -2.18. The van der Waals surface area contributed by atoms with Crippen molar-refractivity contribution in [2.75, 3.05) is 26.4 Å². The van der Waals surface area contributed by atoms with Gasteiger partial charge in [0.25, 0.3) is 0 Å². The summed E-state index contributed by atoms with van der Waals surface area (Å²) < 4.78 is 18.7. The average Bonchev–Trinajstić information content (AvgIpc) is 2.26. The Kier molecular flexibility index (Phi) is 13.2. The molecule has 0 radical (unpaired) electrons. The van der Waals surface area contributed by atoms with Gasteiger partial charge in [-0.25, -0.2) is 4.57 Å². The Bertz CT molecular complexity index is 229. The van der Waals surface area contributed by atoms with E-state index in [1.54, 1.807) is 12.2 Å². The molecule has 0 amide bonds. The summed E-state index contributed by atoms with van der Waals surface area (Å²) in [5.41, 5.74) is 0. The first-order valence-corrected chi connectivity index (χ1v) is 6.19. The van der Waals surface area contributed by atoms with Crippen LogP contribution < -0.4 is 0 Å². The smallest absolute Gasteiger partial charge is 0.394 e. The lowest BCUT2D eigenvalue weighted by molar-refractivity contribution is 0.0419. The van der Waals surface area contributed by atoms with E-state index < -0.39 is 27.1 Å². The Balaban J connectivity index is 0. The lowest BCUT2D eigenvalue weighted by Gasteiger charge is -2.07. The molecule has 0 saturated heterocycles. The van der Waals surface area contributed by atoms with Crippen molar-refractivity contribution in [1.29, 1.82) is 0 Å². The Labute approximate surface area is 100 Å². The van der Waals surface area contributed by atoms with Crippen molar-refractivity contribution in [2.24, 2.45) is 0 Å². The molecule has 17 heavy (non-hydrogen) atoms. The van der Waals surface area contributed by atoms with Crippen LogP contribution in [-0.4, -0.2) is 52.5 Å². The second-order valence-electron chi connectivity index (χ2n) is 2.74. The monoisotopic (exact) mass is 270 g/mol. The molecule has 1 unspecified atom stereocenters. The first kappa shape index (κ1) is 18.8. The molecule has 0 saturated carbocycles. The molecule has 0 rings (SSSR count). The van der Waals surface area contributed by atoms with E-state index in [2.05, 4.69) is 17.7 Å². The van der Waals surface area contributed by atoms with Gasteiger partial charge in [0.1, 0.15) is 6.10 Å². The molecule has 0 spiro atoms. The van der Waals surface area contributed by atoms with Crippen molar-refractivity contribution in [3.05, 3.63) is 25.3 Å². The minimum absolute atomic E-state index is 0.569. The van der Waals surface area contributed by atoms with Crippen molar-refractivity contribution in [3.8, 4) is 0 Å². The van der Waals surface area contributed by atoms with E-state index >= 15 is 0 Å². The number of aliphatic hydroxyl groups excluding tert-OH is 2. The van der Waals surface area contributed by atoms with Crippen LogP contribution in [0, 0.1) is 0 Å². The molecular weight excluding hydrogens is 251 g/mol. The number of hydrogen-bond donors (Lipinski definition) is 4. The first-order chi connectivity index (χ1) is 7.87. The molecule has 0 aromatic carbocycles. The van der Waals surface area contributed by atoms with Crippen molar-refractivity contribution < 1.29 is 33.8 Å². The van der Waals surface area contributed by atoms with E-state index in [9.17, 15) is 4.57 Å². The molecular formula is C9H19O7P. The number of phosphoric acid groups is 1. The van der Waals surface area contributed by atoms with Crippen LogP contribution in [0.2, 0.25) is 0 Å². The van der Waals surface area contributed by atoms with E-state index in [1.807, 2.05) is 0 Å². The highest BCUT2D eigenvalue weighted by molar-refractivity contribution is 7.46. The highest BCUT2D eigenvalue weighted by Crippen LogP contribution is 2.35. The van der Waals surface area contributed by atoms with Crippen LogP contribution in [0.15, 0.2) is 25.3 Å². The third kappa shape index (κ3) is 21.3. The zero-order valence-electron chi connectivity index (χ0n) is 9.44.